The fourth-order valence-electron chi connectivity index (χ4n) is 10.6. The first-order valence-electron chi connectivity index (χ1n) is 23.6. The average Bonchev–Trinajstić information content (AvgIpc) is 4.05. The number of hydrogen-bond acceptors (Lipinski definition) is 11. The van der Waals surface area contributed by atoms with Gasteiger partial charge in [-0.25, -0.2) is 15.2 Å². The second kappa shape index (κ2) is 24.2. The summed E-state index contributed by atoms with van der Waals surface area (Å²) in [5.74, 6) is -1.84. The number of likely N-dealkylation sites (N-methyl/N-ethyl adjacent to an activating group) is 1. The largest absolute Gasteiger partial charge is 0.464 e. The third-order valence-electron chi connectivity index (χ3n) is 14.1. The SMILES string of the molecule is C=CC(=O)N1CC2(CCCN2C(=O)N(C)[C@H](C(=O)N[C@H]2Cc3nc(cs3)-c3ccc4c(c3)c(c(-c3cccnc3[C@H](C)OC)n4CC)CC(C)(C)COC(=O)[C@@H]3CCCN(N3)C2=O)C(C)C)C1.S.S.S.S. The number of hydrogen-bond donors (Lipinski definition) is 2. The Morgan fingerprint density at radius 1 is 1.08 bits per heavy atom. The summed E-state index contributed by atoms with van der Waals surface area (Å²) in [5.41, 5.74) is 8.79. The molecule has 3 saturated heterocycles. The van der Waals surface area contributed by atoms with Crippen molar-refractivity contribution in [2.24, 2.45) is 11.3 Å². The molecule has 1 spiro atoms. The molecule has 0 aliphatic carbocycles. The molecule has 3 fully saturated rings. The summed E-state index contributed by atoms with van der Waals surface area (Å²) in [7, 11) is 3.31. The summed E-state index contributed by atoms with van der Waals surface area (Å²) in [6, 6.07) is 7.32. The molecule has 390 valence electrons. The summed E-state index contributed by atoms with van der Waals surface area (Å²) in [6.45, 7) is 18.2. The summed E-state index contributed by atoms with van der Waals surface area (Å²) in [5, 5.41) is 8.15. The number of rotatable bonds is 9. The van der Waals surface area contributed by atoms with E-state index in [1.54, 1.807) is 30.2 Å². The molecule has 6 bridgehead atoms. The highest BCUT2D eigenvalue weighted by molar-refractivity contribution is 7.59. The van der Waals surface area contributed by atoms with Crippen LogP contribution in [0.3, 0.4) is 0 Å². The van der Waals surface area contributed by atoms with Crippen LogP contribution in [0.25, 0.3) is 33.4 Å². The van der Waals surface area contributed by atoms with E-state index in [-0.39, 0.29) is 91.0 Å². The lowest BCUT2D eigenvalue weighted by atomic mass is 9.84. The lowest BCUT2D eigenvalue weighted by Crippen LogP contribution is -2.71. The van der Waals surface area contributed by atoms with Gasteiger partial charge >= 0.3 is 12.0 Å². The van der Waals surface area contributed by atoms with Crippen molar-refractivity contribution in [2.75, 3.05) is 46.9 Å². The number of carbonyl (C=O) groups excluding carboxylic acids is 5. The van der Waals surface area contributed by atoms with Crippen LogP contribution >= 0.6 is 65.3 Å². The van der Waals surface area contributed by atoms with Crippen molar-refractivity contribution in [3.05, 3.63) is 70.8 Å². The van der Waals surface area contributed by atoms with E-state index in [4.69, 9.17) is 19.4 Å². The number of likely N-dealkylation sites (tertiary alicyclic amines) is 2. The van der Waals surface area contributed by atoms with E-state index in [1.165, 1.54) is 27.3 Å². The molecule has 0 saturated carbocycles. The van der Waals surface area contributed by atoms with E-state index >= 15 is 0 Å². The maximum atomic E-state index is 14.7. The fraction of sp³-hybridized carbons (Fsp3) is 0.540. The zero-order valence-electron chi connectivity index (χ0n) is 42.1. The molecule has 21 heteroatoms. The van der Waals surface area contributed by atoms with Crippen molar-refractivity contribution in [1.29, 1.82) is 0 Å². The van der Waals surface area contributed by atoms with Crippen LogP contribution < -0.4 is 10.7 Å². The second-order valence-corrected chi connectivity index (χ2v) is 20.7. The molecule has 16 nitrogen and oxygen atoms in total. The Labute approximate surface area is 449 Å². The third kappa shape index (κ3) is 11.8. The van der Waals surface area contributed by atoms with E-state index < -0.39 is 46.9 Å². The number of fused-ring (bicyclic) bond motifs is 6. The predicted molar refractivity (Wildman–Crippen MR) is 298 cm³/mol. The number of pyridine rings is 1. The minimum absolute atomic E-state index is 0. The van der Waals surface area contributed by atoms with Crippen LogP contribution in [0, 0.1) is 11.3 Å². The third-order valence-corrected chi connectivity index (χ3v) is 14.9. The first-order valence-corrected chi connectivity index (χ1v) is 24.5. The molecular weight excluding hydrogens is 999 g/mol. The topological polar surface area (TPSA) is 172 Å². The Bertz CT molecular complexity index is 2580. The molecule has 0 radical (unpaired) electrons. The predicted octanol–water partition coefficient (Wildman–Crippen LogP) is 6.59. The van der Waals surface area contributed by atoms with E-state index in [0.29, 0.717) is 57.0 Å². The van der Waals surface area contributed by atoms with Gasteiger partial charge in [-0.15, -0.1) is 11.3 Å². The summed E-state index contributed by atoms with van der Waals surface area (Å²) >= 11 is 1.41. The number of esters is 1. The standard InChI is InChI=1S/C50H65N9O7S.4H2S/c1-10-41(60)56-27-50(28-56)19-14-21-58(50)48(64)55(8)43(30(3)4)45(61)53-37-24-40-52-38(26-67-40)32-17-18-39-34(23-32)35(44(57(39)11-2)33-15-12-20-51-42(33)31(5)65-9)25-49(6,7)29-66-47(63)36-16-13-22-59(54-36)46(37)62;;;;/h10,12,15,17-18,20,23,26,30-31,36-37,43,54H,1,11,13-14,16,19,21-22,24-25,27-29H2,2-9H3,(H,53,61);4*1H2/t31-,36-,37-,43-;;;;/m0..../s1. The molecule has 7 heterocycles. The van der Waals surface area contributed by atoms with Crippen molar-refractivity contribution in [3.63, 3.8) is 0 Å². The number of hydrazine groups is 1. The number of nitrogens with one attached hydrogen (secondary N) is 2. The summed E-state index contributed by atoms with van der Waals surface area (Å²) < 4.78 is 14.3. The van der Waals surface area contributed by atoms with Gasteiger partial charge < -0.3 is 34.1 Å². The maximum absolute atomic E-state index is 14.7. The van der Waals surface area contributed by atoms with Gasteiger partial charge in [0.05, 0.1) is 40.3 Å². The van der Waals surface area contributed by atoms with Gasteiger partial charge in [0.2, 0.25) is 11.8 Å². The lowest BCUT2D eigenvalue weighted by Gasteiger charge is -2.53. The van der Waals surface area contributed by atoms with Gasteiger partial charge in [-0.2, -0.15) is 54.0 Å². The minimum atomic E-state index is -1.09. The van der Waals surface area contributed by atoms with Gasteiger partial charge in [-0.3, -0.25) is 29.2 Å². The Morgan fingerprint density at radius 2 is 1.82 bits per heavy atom. The Kier molecular flexibility index (Phi) is 20.2. The van der Waals surface area contributed by atoms with Crippen LogP contribution in [0.4, 0.5) is 4.79 Å². The van der Waals surface area contributed by atoms with Crippen LogP contribution in [-0.4, -0.2) is 135 Å². The molecule has 4 atom stereocenters. The van der Waals surface area contributed by atoms with Gasteiger partial charge in [0.25, 0.3) is 5.91 Å². The molecule has 8 rings (SSSR count). The smallest absolute Gasteiger partial charge is 0.324 e. The zero-order valence-corrected chi connectivity index (χ0v) is 46.9. The van der Waals surface area contributed by atoms with Gasteiger partial charge in [0.15, 0.2) is 0 Å². The Morgan fingerprint density at radius 3 is 2.49 bits per heavy atom. The maximum Gasteiger partial charge on any atom is 0.324 e. The van der Waals surface area contributed by atoms with E-state index in [1.807, 2.05) is 32.2 Å². The molecule has 5 amide bonds. The highest BCUT2D eigenvalue weighted by atomic mass is 32.1. The molecule has 4 aliphatic heterocycles. The van der Waals surface area contributed by atoms with Gasteiger partial charge in [-0.1, -0.05) is 40.3 Å². The molecule has 1 aromatic carbocycles. The number of aryl methyl sites for hydroxylation is 1. The van der Waals surface area contributed by atoms with Crippen LogP contribution in [0.15, 0.2) is 54.6 Å². The summed E-state index contributed by atoms with van der Waals surface area (Å²) in [6.07, 6.45) is 6.03. The summed E-state index contributed by atoms with van der Waals surface area (Å²) in [4.78, 5) is 84.8. The molecule has 4 aromatic rings. The number of benzene rings is 1. The van der Waals surface area contributed by atoms with Crippen molar-refractivity contribution >= 4 is 106 Å². The number of urea groups is 1. The quantitative estimate of drug-likeness (QED) is 0.138. The van der Waals surface area contributed by atoms with Crippen molar-refractivity contribution < 1.29 is 33.4 Å². The number of carbonyl (C=O) groups is 5. The number of aromatic nitrogens is 3. The highest BCUT2D eigenvalue weighted by Crippen LogP contribution is 2.43. The molecule has 2 N–H and O–H groups in total. The first kappa shape index (κ1) is 59.3. The van der Waals surface area contributed by atoms with Crippen molar-refractivity contribution in [3.8, 4) is 22.5 Å². The lowest BCUT2D eigenvalue weighted by molar-refractivity contribution is -0.155. The number of cyclic esters (lactones) is 1. The number of amides is 5. The normalized spacial score (nSPS) is 20.2. The number of nitrogens with zero attached hydrogens (tertiary/aromatic N) is 7. The number of ether oxygens (including phenoxy) is 2. The van der Waals surface area contributed by atoms with Gasteiger partial charge in [0, 0.05) is 92.3 Å². The van der Waals surface area contributed by atoms with Crippen LogP contribution in [0.2, 0.25) is 0 Å². The number of methoxy groups -OCH3 is 1. The van der Waals surface area contributed by atoms with Gasteiger partial charge in [0.1, 0.15) is 18.1 Å². The van der Waals surface area contributed by atoms with Crippen LogP contribution in [0.5, 0.6) is 0 Å². The molecule has 0 unspecified atom stereocenters. The van der Waals surface area contributed by atoms with E-state index in [0.717, 1.165) is 57.5 Å². The Hall–Kier alpha value is -4.25. The Balaban J connectivity index is 0.00000274. The van der Waals surface area contributed by atoms with Gasteiger partial charge in [-0.05, 0) is 87.8 Å². The second-order valence-electron chi connectivity index (χ2n) is 19.7. The molecule has 4 aliphatic rings. The van der Waals surface area contributed by atoms with Crippen LogP contribution in [-0.2, 0) is 48.0 Å². The molecule has 71 heavy (non-hydrogen) atoms. The zero-order chi connectivity index (χ0) is 47.9. The average molecular weight is 1070 g/mol. The van der Waals surface area contributed by atoms with E-state index in [2.05, 4.69) is 66.9 Å². The fourth-order valence-corrected chi connectivity index (χ4v) is 11.4. The monoisotopic (exact) mass is 1070 g/mol. The number of thiazole rings is 1. The highest BCUT2D eigenvalue weighted by Gasteiger charge is 2.54. The molecule has 3 aromatic heterocycles. The minimum Gasteiger partial charge on any atom is -0.464 e. The van der Waals surface area contributed by atoms with Crippen molar-refractivity contribution in [2.45, 2.75) is 116 Å². The van der Waals surface area contributed by atoms with E-state index in [9.17, 15) is 24.0 Å². The molecular formula is C50H73N9O7S5. The van der Waals surface area contributed by atoms with Crippen molar-refractivity contribution in [1.82, 2.24) is 45.0 Å². The first-order chi connectivity index (χ1) is 32.0. The van der Waals surface area contributed by atoms with Crippen LogP contribution in [0.1, 0.15) is 89.6 Å².